The molecule has 0 amide bonds. The molecule has 1 aromatic rings. The van der Waals surface area contributed by atoms with E-state index in [2.05, 4.69) is 5.32 Å². The fourth-order valence-corrected chi connectivity index (χ4v) is 2.88. The van der Waals surface area contributed by atoms with Crippen LogP contribution in [0.1, 0.15) is 24.3 Å². The molecule has 2 rings (SSSR count). The zero-order chi connectivity index (χ0) is 11.6. The summed E-state index contributed by atoms with van der Waals surface area (Å²) in [5.41, 5.74) is 1.07. The molecule has 1 N–H and O–H groups in total. The molecule has 5 heteroatoms. The second-order valence-electron chi connectivity index (χ2n) is 4.03. The lowest BCUT2D eigenvalue weighted by molar-refractivity contribution is 0.460. The molecule has 0 saturated carbocycles. The van der Waals surface area contributed by atoms with Crippen LogP contribution in [0.15, 0.2) is 29.2 Å². The highest BCUT2D eigenvalue weighted by atomic mass is 35.7. The Balaban J connectivity index is 2.28. The predicted octanol–water partition coefficient (Wildman–Crippen LogP) is 2.08. The van der Waals surface area contributed by atoms with Gasteiger partial charge < -0.3 is 5.32 Å². The van der Waals surface area contributed by atoms with E-state index in [9.17, 15) is 8.42 Å². The van der Waals surface area contributed by atoms with E-state index in [0.717, 1.165) is 31.5 Å². The van der Waals surface area contributed by atoms with E-state index >= 15 is 0 Å². The molecular formula is C11H14ClNO2S. The van der Waals surface area contributed by atoms with Crippen LogP contribution < -0.4 is 5.32 Å². The topological polar surface area (TPSA) is 46.2 Å². The zero-order valence-electron chi connectivity index (χ0n) is 8.82. The monoisotopic (exact) mass is 259 g/mol. The number of rotatable bonds is 2. The van der Waals surface area contributed by atoms with Crippen molar-refractivity contribution >= 4 is 19.7 Å². The van der Waals surface area contributed by atoms with Crippen LogP contribution in [-0.4, -0.2) is 21.5 Å². The second kappa shape index (κ2) is 4.73. The van der Waals surface area contributed by atoms with E-state index in [4.69, 9.17) is 10.7 Å². The van der Waals surface area contributed by atoms with Gasteiger partial charge in [-0.2, -0.15) is 0 Å². The van der Waals surface area contributed by atoms with Crippen LogP contribution in [-0.2, 0) is 9.05 Å². The summed E-state index contributed by atoms with van der Waals surface area (Å²) in [4.78, 5) is 0.199. The number of benzene rings is 1. The summed E-state index contributed by atoms with van der Waals surface area (Å²) in [6, 6.07) is 6.96. The Morgan fingerprint density at radius 2 is 1.94 bits per heavy atom. The molecule has 1 aliphatic heterocycles. The molecule has 0 bridgehead atoms. The standard InChI is InChI=1S/C11H14ClNO2S/c12-16(14,15)11-3-1-2-10(8-11)9-4-6-13-7-5-9/h1-3,8-9,13H,4-7H2. The Morgan fingerprint density at radius 1 is 1.25 bits per heavy atom. The van der Waals surface area contributed by atoms with E-state index in [1.807, 2.05) is 6.07 Å². The maximum absolute atomic E-state index is 11.2. The third kappa shape index (κ3) is 2.75. The minimum absolute atomic E-state index is 0.199. The van der Waals surface area contributed by atoms with E-state index in [-0.39, 0.29) is 4.90 Å². The molecule has 1 saturated heterocycles. The number of halogens is 1. The van der Waals surface area contributed by atoms with Gasteiger partial charge in [-0.05, 0) is 49.5 Å². The van der Waals surface area contributed by atoms with Gasteiger partial charge in [0.1, 0.15) is 0 Å². The smallest absolute Gasteiger partial charge is 0.261 e. The summed E-state index contributed by atoms with van der Waals surface area (Å²) in [6.45, 7) is 1.98. The SMILES string of the molecule is O=S(=O)(Cl)c1cccc(C2CCNCC2)c1. The van der Waals surface area contributed by atoms with Gasteiger partial charge >= 0.3 is 0 Å². The molecule has 1 aromatic carbocycles. The predicted molar refractivity (Wildman–Crippen MR) is 64.3 cm³/mol. The zero-order valence-corrected chi connectivity index (χ0v) is 10.4. The van der Waals surface area contributed by atoms with Gasteiger partial charge in [0.25, 0.3) is 9.05 Å². The van der Waals surface area contributed by atoms with Crippen molar-refractivity contribution in [3.8, 4) is 0 Å². The number of nitrogens with one attached hydrogen (secondary N) is 1. The lowest BCUT2D eigenvalue weighted by atomic mass is 9.90. The van der Waals surface area contributed by atoms with Crippen molar-refractivity contribution in [1.29, 1.82) is 0 Å². The Kier molecular flexibility index (Phi) is 3.52. The summed E-state index contributed by atoms with van der Waals surface area (Å²) in [5.74, 6) is 0.444. The van der Waals surface area contributed by atoms with Gasteiger partial charge in [-0.1, -0.05) is 12.1 Å². The summed E-state index contributed by atoms with van der Waals surface area (Å²) in [6.07, 6.45) is 2.09. The molecule has 0 radical (unpaired) electrons. The van der Waals surface area contributed by atoms with Crippen LogP contribution in [0.25, 0.3) is 0 Å². The van der Waals surface area contributed by atoms with Crippen molar-refractivity contribution in [3.05, 3.63) is 29.8 Å². The molecule has 16 heavy (non-hydrogen) atoms. The molecular weight excluding hydrogens is 246 g/mol. The van der Waals surface area contributed by atoms with Crippen molar-refractivity contribution in [2.24, 2.45) is 0 Å². The first-order valence-electron chi connectivity index (χ1n) is 5.33. The summed E-state index contributed by atoms with van der Waals surface area (Å²) in [5, 5.41) is 3.29. The van der Waals surface area contributed by atoms with E-state index in [1.165, 1.54) is 6.07 Å². The highest BCUT2D eigenvalue weighted by Crippen LogP contribution is 2.27. The van der Waals surface area contributed by atoms with Gasteiger partial charge in [0.05, 0.1) is 4.90 Å². The first-order chi connectivity index (χ1) is 7.57. The molecule has 1 heterocycles. The lowest BCUT2D eigenvalue weighted by Gasteiger charge is -2.23. The minimum Gasteiger partial charge on any atom is -0.317 e. The van der Waals surface area contributed by atoms with Crippen molar-refractivity contribution in [2.45, 2.75) is 23.7 Å². The molecule has 0 aliphatic carbocycles. The Morgan fingerprint density at radius 3 is 2.56 bits per heavy atom. The Hall–Kier alpha value is -0.580. The van der Waals surface area contributed by atoms with E-state index in [1.54, 1.807) is 12.1 Å². The summed E-state index contributed by atoms with van der Waals surface area (Å²) in [7, 11) is 1.72. The van der Waals surface area contributed by atoms with Crippen LogP contribution >= 0.6 is 10.7 Å². The van der Waals surface area contributed by atoms with E-state index in [0.29, 0.717) is 5.92 Å². The fraction of sp³-hybridized carbons (Fsp3) is 0.455. The average Bonchev–Trinajstić information content (AvgIpc) is 2.29. The van der Waals surface area contributed by atoms with Crippen LogP contribution in [0.5, 0.6) is 0 Å². The largest absolute Gasteiger partial charge is 0.317 e. The van der Waals surface area contributed by atoms with Gasteiger partial charge in [0, 0.05) is 10.7 Å². The van der Waals surface area contributed by atoms with Gasteiger partial charge in [-0.3, -0.25) is 0 Å². The van der Waals surface area contributed by atoms with Crippen LogP contribution in [0.2, 0.25) is 0 Å². The van der Waals surface area contributed by atoms with Crippen LogP contribution in [0.3, 0.4) is 0 Å². The van der Waals surface area contributed by atoms with E-state index < -0.39 is 9.05 Å². The van der Waals surface area contributed by atoms with Crippen molar-refractivity contribution in [2.75, 3.05) is 13.1 Å². The Bertz CT molecular complexity index is 467. The summed E-state index contributed by atoms with van der Waals surface area (Å²) >= 11 is 0. The Labute approximate surface area is 100 Å². The average molecular weight is 260 g/mol. The first kappa shape index (κ1) is 11.9. The molecule has 3 nitrogen and oxygen atoms in total. The number of hydrogen-bond donors (Lipinski definition) is 1. The molecule has 88 valence electrons. The van der Waals surface area contributed by atoms with Gasteiger partial charge in [-0.15, -0.1) is 0 Å². The first-order valence-corrected chi connectivity index (χ1v) is 7.63. The number of hydrogen-bond acceptors (Lipinski definition) is 3. The third-order valence-electron chi connectivity index (χ3n) is 2.95. The van der Waals surface area contributed by atoms with Gasteiger partial charge in [-0.25, -0.2) is 8.42 Å². The van der Waals surface area contributed by atoms with Crippen molar-refractivity contribution in [1.82, 2.24) is 5.32 Å². The minimum atomic E-state index is -3.61. The van der Waals surface area contributed by atoms with Crippen LogP contribution in [0, 0.1) is 0 Å². The third-order valence-corrected chi connectivity index (χ3v) is 4.30. The second-order valence-corrected chi connectivity index (χ2v) is 6.60. The fourth-order valence-electron chi connectivity index (χ4n) is 2.08. The van der Waals surface area contributed by atoms with Gasteiger partial charge in [0.2, 0.25) is 0 Å². The molecule has 1 fully saturated rings. The normalized spacial score (nSPS) is 18.6. The molecule has 1 aliphatic rings. The molecule has 0 aromatic heterocycles. The summed E-state index contributed by atoms with van der Waals surface area (Å²) < 4.78 is 22.4. The van der Waals surface area contributed by atoms with Crippen molar-refractivity contribution in [3.63, 3.8) is 0 Å². The lowest BCUT2D eigenvalue weighted by Crippen LogP contribution is -2.26. The van der Waals surface area contributed by atoms with Gasteiger partial charge in [0.15, 0.2) is 0 Å². The molecule has 0 spiro atoms. The maximum Gasteiger partial charge on any atom is 0.261 e. The van der Waals surface area contributed by atoms with Crippen LogP contribution in [0.4, 0.5) is 0 Å². The quantitative estimate of drug-likeness (QED) is 0.828. The molecule has 0 atom stereocenters. The highest BCUT2D eigenvalue weighted by molar-refractivity contribution is 8.13. The molecule has 0 unspecified atom stereocenters. The highest BCUT2D eigenvalue weighted by Gasteiger charge is 2.17. The van der Waals surface area contributed by atoms with Crippen molar-refractivity contribution < 1.29 is 8.42 Å². The maximum atomic E-state index is 11.2. The number of piperidine rings is 1.